The van der Waals surface area contributed by atoms with Gasteiger partial charge in [0, 0.05) is 45.1 Å². The molecule has 3 rings (SSSR count). The van der Waals surface area contributed by atoms with Crippen molar-refractivity contribution < 1.29 is 4.79 Å². The summed E-state index contributed by atoms with van der Waals surface area (Å²) in [6.07, 6.45) is 9.50. The maximum absolute atomic E-state index is 12.9. The van der Waals surface area contributed by atoms with Crippen LogP contribution in [0.25, 0.3) is 0 Å². The number of hydrogen-bond donors (Lipinski definition) is 0. The molecule has 2 aliphatic heterocycles. The SMILES string of the molecule is CC(C)CCN(C)C(=O)[C@@H]1CCCN(C2CCN(Cc3ccncc3)CC2)C1. The second-order valence-corrected chi connectivity index (χ2v) is 9.14. The fraction of sp³-hybridized carbons (Fsp3) is 0.739. The molecule has 0 bridgehead atoms. The van der Waals surface area contributed by atoms with Crippen LogP contribution >= 0.6 is 0 Å². The summed E-state index contributed by atoms with van der Waals surface area (Å²) in [6, 6.07) is 4.87. The molecule has 0 aromatic carbocycles. The number of aromatic nitrogens is 1. The van der Waals surface area contributed by atoms with Gasteiger partial charge in [0.05, 0.1) is 5.92 Å². The van der Waals surface area contributed by atoms with Crippen LogP contribution < -0.4 is 0 Å². The minimum absolute atomic E-state index is 0.195. The number of piperidine rings is 2. The lowest BCUT2D eigenvalue weighted by Crippen LogP contribution is -2.50. The summed E-state index contributed by atoms with van der Waals surface area (Å²) in [4.78, 5) is 24.1. The van der Waals surface area contributed by atoms with Crippen molar-refractivity contribution in [2.24, 2.45) is 11.8 Å². The Balaban J connectivity index is 1.45. The van der Waals surface area contributed by atoms with Crippen LogP contribution in [-0.2, 0) is 11.3 Å². The maximum Gasteiger partial charge on any atom is 0.226 e. The van der Waals surface area contributed by atoms with Crippen molar-refractivity contribution in [2.45, 2.75) is 58.5 Å². The smallest absolute Gasteiger partial charge is 0.226 e. The second-order valence-electron chi connectivity index (χ2n) is 9.14. The van der Waals surface area contributed by atoms with E-state index in [1.54, 1.807) is 0 Å². The number of likely N-dealkylation sites (tertiary alicyclic amines) is 2. The van der Waals surface area contributed by atoms with Gasteiger partial charge in [0.2, 0.25) is 5.91 Å². The van der Waals surface area contributed by atoms with E-state index < -0.39 is 0 Å². The molecule has 0 N–H and O–H groups in total. The predicted molar refractivity (Wildman–Crippen MR) is 114 cm³/mol. The first kappa shape index (κ1) is 21.3. The van der Waals surface area contributed by atoms with Gasteiger partial charge in [-0.3, -0.25) is 19.6 Å². The van der Waals surface area contributed by atoms with Crippen molar-refractivity contribution >= 4 is 5.91 Å². The third-order valence-corrected chi connectivity index (χ3v) is 6.45. The number of pyridine rings is 1. The summed E-state index contributed by atoms with van der Waals surface area (Å²) in [5, 5.41) is 0. The molecule has 2 saturated heterocycles. The normalized spacial score (nSPS) is 22.5. The maximum atomic E-state index is 12.9. The molecule has 1 amide bonds. The van der Waals surface area contributed by atoms with E-state index in [2.05, 4.69) is 40.8 Å². The van der Waals surface area contributed by atoms with E-state index >= 15 is 0 Å². The Morgan fingerprint density at radius 2 is 1.89 bits per heavy atom. The zero-order valence-corrected chi connectivity index (χ0v) is 18.0. The van der Waals surface area contributed by atoms with Gasteiger partial charge in [-0.1, -0.05) is 13.8 Å². The zero-order valence-electron chi connectivity index (χ0n) is 18.0. The second kappa shape index (κ2) is 10.4. The summed E-state index contributed by atoms with van der Waals surface area (Å²) in [5.74, 6) is 1.21. The molecule has 28 heavy (non-hydrogen) atoms. The predicted octanol–water partition coefficient (Wildman–Crippen LogP) is 3.26. The standard InChI is InChI=1S/C23H38N4O/c1-19(2)8-14-25(3)23(28)21-5-4-13-27(18-21)22-9-15-26(16-10-22)17-20-6-11-24-12-7-20/h6-7,11-12,19,21-22H,4-5,8-10,13-18H2,1-3H3/t21-/m1/s1. The van der Waals surface area contributed by atoms with Gasteiger partial charge in [-0.05, 0) is 75.4 Å². The van der Waals surface area contributed by atoms with Crippen LogP contribution in [0.15, 0.2) is 24.5 Å². The van der Waals surface area contributed by atoms with E-state index in [9.17, 15) is 4.79 Å². The van der Waals surface area contributed by atoms with Crippen molar-refractivity contribution in [1.29, 1.82) is 0 Å². The van der Waals surface area contributed by atoms with Crippen LogP contribution in [0.3, 0.4) is 0 Å². The third-order valence-electron chi connectivity index (χ3n) is 6.45. The first-order chi connectivity index (χ1) is 13.5. The fourth-order valence-corrected chi connectivity index (χ4v) is 4.60. The fourth-order valence-electron chi connectivity index (χ4n) is 4.60. The van der Waals surface area contributed by atoms with Gasteiger partial charge in [0.1, 0.15) is 0 Å². The van der Waals surface area contributed by atoms with Gasteiger partial charge in [-0.25, -0.2) is 0 Å². The highest BCUT2D eigenvalue weighted by atomic mass is 16.2. The molecule has 1 aromatic rings. The molecule has 5 heteroatoms. The van der Waals surface area contributed by atoms with E-state index in [0.717, 1.165) is 58.5 Å². The molecule has 1 atom stereocenters. The average molecular weight is 387 g/mol. The Kier molecular flexibility index (Phi) is 7.86. The minimum Gasteiger partial charge on any atom is -0.345 e. The van der Waals surface area contributed by atoms with Crippen LogP contribution in [0.1, 0.15) is 51.5 Å². The molecule has 156 valence electrons. The molecule has 0 saturated carbocycles. The van der Waals surface area contributed by atoms with Crippen LogP contribution in [0.4, 0.5) is 0 Å². The van der Waals surface area contributed by atoms with Crippen molar-refractivity contribution in [3.05, 3.63) is 30.1 Å². The number of rotatable bonds is 7. The van der Waals surface area contributed by atoms with Gasteiger partial charge >= 0.3 is 0 Å². The Hall–Kier alpha value is -1.46. The Morgan fingerprint density at radius 1 is 1.18 bits per heavy atom. The van der Waals surface area contributed by atoms with Gasteiger partial charge in [0.15, 0.2) is 0 Å². The van der Waals surface area contributed by atoms with Crippen LogP contribution in [0, 0.1) is 11.8 Å². The molecule has 0 radical (unpaired) electrons. The summed E-state index contributed by atoms with van der Waals surface area (Å²) >= 11 is 0. The van der Waals surface area contributed by atoms with Gasteiger partial charge < -0.3 is 4.90 Å². The molecule has 3 heterocycles. The summed E-state index contributed by atoms with van der Waals surface area (Å²) < 4.78 is 0. The van der Waals surface area contributed by atoms with Crippen LogP contribution in [-0.4, -0.2) is 71.4 Å². The van der Waals surface area contributed by atoms with Crippen LogP contribution in [0.2, 0.25) is 0 Å². The monoisotopic (exact) mass is 386 g/mol. The molecule has 2 aliphatic rings. The summed E-state index contributed by atoms with van der Waals surface area (Å²) in [6.45, 7) is 10.8. The molecule has 0 unspecified atom stereocenters. The van der Waals surface area contributed by atoms with E-state index in [-0.39, 0.29) is 5.92 Å². The average Bonchev–Trinajstić information content (AvgIpc) is 2.73. The Bertz CT molecular complexity index is 598. The first-order valence-electron chi connectivity index (χ1n) is 11.1. The van der Waals surface area contributed by atoms with E-state index in [1.807, 2.05) is 24.3 Å². The van der Waals surface area contributed by atoms with Crippen molar-refractivity contribution in [2.75, 3.05) is 39.8 Å². The molecule has 1 aromatic heterocycles. The lowest BCUT2D eigenvalue weighted by Gasteiger charge is -2.42. The number of nitrogens with zero attached hydrogens (tertiary/aromatic N) is 4. The number of carbonyl (C=O) groups excluding carboxylic acids is 1. The van der Waals surface area contributed by atoms with E-state index in [0.29, 0.717) is 17.9 Å². The molecular weight excluding hydrogens is 348 g/mol. The summed E-state index contributed by atoms with van der Waals surface area (Å²) in [5.41, 5.74) is 1.35. The van der Waals surface area contributed by atoms with Gasteiger partial charge in [0.25, 0.3) is 0 Å². The van der Waals surface area contributed by atoms with E-state index in [1.165, 1.54) is 18.4 Å². The number of carbonyl (C=O) groups is 1. The van der Waals surface area contributed by atoms with Crippen molar-refractivity contribution in [3.8, 4) is 0 Å². The van der Waals surface area contributed by atoms with E-state index in [4.69, 9.17) is 0 Å². The first-order valence-corrected chi connectivity index (χ1v) is 11.1. The Morgan fingerprint density at radius 3 is 2.57 bits per heavy atom. The quantitative estimate of drug-likeness (QED) is 0.721. The van der Waals surface area contributed by atoms with Crippen molar-refractivity contribution in [1.82, 2.24) is 19.7 Å². The molecule has 0 aliphatic carbocycles. The molecule has 5 nitrogen and oxygen atoms in total. The number of amides is 1. The largest absolute Gasteiger partial charge is 0.345 e. The highest BCUT2D eigenvalue weighted by Gasteiger charge is 2.32. The topological polar surface area (TPSA) is 39.7 Å². The highest BCUT2D eigenvalue weighted by molar-refractivity contribution is 5.78. The highest BCUT2D eigenvalue weighted by Crippen LogP contribution is 2.25. The Labute approximate surface area is 171 Å². The summed E-state index contributed by atoms with van der Waals surface area (Å²) in [7, 11) is 1.99. The van der Waals surface area contributed by atoms with Gasteiger partial charge in [-0.2, -0.15) is 0 Å². The number of hydrogen-bond acceptors (Lipinski definition) is 4. The lowest BCUT2D eigenvalue weighted by molar-refractivity contribution is -0.136. The molecule has 0 spiro atoms. The molecular formula is C23H38N4O. The molecule has 2 fully saturated rings. The van der Waals surface area contributed by atoms with Gasteiger partial charge in [-0.15, -0.1) is 0 Å². The minimum atomic E-state index is 0.195. The van der Waals surface area contributed by atoms with Crippen LogP contribution in [0.5, 0.6) is 0 Å². The third kappa shape index (κ3) is 6.02. The lowest BCUT2D eigenvalue weighted by atomic mass is 9.92. The zero-order chi connectivity index (χ0) is 19.9. The van der Waals surface area contributed by atoms with Crippen molar-refractivity contribution in [3.63, 3.8) is 0 Å².